The largest absolute Gasteiger partial charge is 0.472 e. The van der Waals surface area contributed by atoms with Crippen molar-refractivity contribution in [3.63, 3.8) is 0 Å². The number of ether oxygens (including phenoxy) is 4. The molecule has 0 radical (unpaired) electrons. The zero-order chi connectivity index (χ0) is 67.9. The number of phosphoric ester groups is 2. The topological polar surface area (TPSA) is 237 Å². The Kier molecular flexibility index (Phi) is 63.7. The number of carbonyl (C=O) groups excluding carboxylic acids is 4. The van der Waals surface area contributed by atoms with Crippen molar-refractivity contribution < 1.29 is 80.2 Å². The van der Waals surface area contributed by atoms with Gasteiger partial charge in [-0.3, -0.25) is 37.3 Å². The second-order valence-electron chi connectivity index (χ2n) is 27.1. The summed E-state index contributed by atoms with van der Waals surface area (Å²) in [5, 5.41) is 10.6. The number of phosphoric acid groups is 2. The van der Waals surface area contributed by atoms with Crippen LogP contribution in [0.15, 0.2) is 0 Å². The third-order valence-corrected chi connectivity index (χ3v) is 19.2. The van der Waals surface area contributed by atoms with Crippen LogP contribution < -0.4 is 0 Å². The lowest BCUT2D eigenvalue weighted by molar-refractivity contribution is -0.161. The minimum absolute atomic E-state index is 0.103. The third-order valence-electron chi connectivity index (χ3n) is 17.3. The van der Waals surface area contributed by atoms with Crippen LogP contribution in [0.1, 0.15) is 375 Å². The van der Waals surface area contributed by atoms with E-state index in [-0.39, 0.29) is 25.7 Å². The minimum atomic E-state index is -4.95. The van der Waals surface area contributed by atoms with Crippen LogP contribution in [0.25, 0.3) is 0 Å². The van der Waals surface area contributed by atoms with Crippen molar-refractivity contribution in [2.75, 3.05) is 39.6 Å². The highest BCUT2D eigenvalue weighted by atomic mass is 31.2. The van der Waals surface area contributed by atoms with Crippen LogP contribution in [0.2, 0.25) is 0 Å². The Balaban J connectivity index is 5.16. The standard InChI is InChI=1S/C73H142O17P2/c1-7-10-12-14-16-17-18-19-20-21-22-23-24-25-26-27-30-34-38-45-51-57-72(77)89-68(62-84-71(76)56-50-44-37-33-31-28-29-32-36-41-47-53-65(4)5)63-87-91(79,80)85-59-67(74)60-86-92(81,82)88-64-69(61-83-70(75)55-49-43-35-15-13-11-8-2)90-73(78)58-52-46-40-39-42-48-54-66(6)9-3/h65-69,74H,7-64H2,1-6H3,(H,79,80)(H,81,82)/t66?,67-,68-,69-/m1/s1. The summed E-state index contributed by atoms with van der Waals surface area (Å²) < 4.78 is 68.2. The number of hydrogen-bond acceptors (Lipinski definition) is 15. The second kappa shape index (κ2) is 65.0. The van der Waals surface area contributed by atoms with E-state index < -0.39 is 97.5 Å². The van der Waals surface area contributed by atoms with Crippen LogP contribution in [0.5, 0.6) is 0 Å². The van der Waals surface area contributed by atoms with E-state index in [1.807, 2.05) is 0 Å². The summed E-state index contributed by atoms with van der Waals surface area (Å²) in [6.45, 7) is 9.48. The average molecular weight is 1350 g/mol. The van der Waals surface area contributed by atoms with Crippen LogP contribution in [0.3, 0.4) is 0 Å². The molecule has 3 N–H and O–H groups in total. The molecule has 3 unspecified atom stereocenters. The molecule has 92 heavy (non-hydrogen) atoms. The highest BCUT2D eigenvalue weighted by Crippen LogP contribution is 2.45. The van der Waals surface area contributed by atoms with E-state index in [9.17, 15) is 43.2 Å². The van der Waals surface area contributed by atoms with E-state index in [1.165, 1.54) is 180 Å². The molecule has 17 nitrogen and oxygen atoms in total. The fraction of sp³-hybridized carbons (Fsp3) is 0.945. The molecule has 0 aromatic heterocycles. The summed E-state index contributed by atoms with van der Waals surface area (Å²) >= 11 is 0. The molecule has 6 atom stereocenters. The van der Waals surface area contributed by atoms with Crippen LogP contribution in [-0.4, -0.2) is 96.7 Å². The van der Waals surface area contributed by atoms with E-state index >= 15 is 0 Å². The number of aliphatic hydroxyl groups excluding tert-OH is 1. The maximum atomic E-state index is 13.1. The van der Waals surface area contributed by atoms with Crippen LogP contribution in [-0.2, 0) is 65.4 Å². The number of aliphatic hydroxyl groups is 1. The molecule has 0 rings (SSSR count). The van der Waals surface area contributed by atoms with Gasteiger partial charge >= 0.3 is 39.5 Å². The molecule has 0 aliphatic rings. The van der Waals surface area contributed by atoms with Crippen molar-refractivity contribution in [3.05, 3.63) is 0 Å². The zero-order valence-corrected chi connectivity index (χ0v) is 61.6. The van der Waals surface area contributed by atoms with Crippen molar-refractivity contribution in [1.82, 2.24) is 0 Å². The first-order chi connectivity index (χ1) is 44.4. The SMILES string of the molecule is CCCCCCCCCCCCCCCCCCCCCCCC(=O)O[C@H](COC(=O)CCCCCCCCCCCCCC(C)C)COP(=O)(O)OC[C@@H](O)COP(=O)(O)OC[C@@H](COC(=O)CCCCCCCCC)OC(=O)CCCCCCCCC(C)CC. The fourth-order valence-corrected chi connectivity index (χ4v) is 12.7. The Hall–Kier alpha value is -1.94. The number of hydrogen-bond donors (Lipinski definition) is 3. The van der Waals surface area contributed by atoms with Gasteiger partial charge in [0.2, 0.25) is 0 Å². The number of rotatable bonds is 72. The first kappa shape index (κ1) is 90.1. The lowest BCUT2D eigenvalue weighted by Crippen LogP contribution is -2.30. The molecular weight excluding hydrogens is 1210 g/mol. The van der Waals surface area contributed by atoms with Crippen LogP contribution in [0, 0.1) is 11.8 Å². The van der Waals surface area contributed by atoms with Crippen molar-refractivity contribution in [2.45, 2.75) is 394 Å². The summed E-state index contributed by atoms with van der Waals surface area (Å²) in [6, 6.07) is 0. The Morgan fingerprint density at radius 3 is 0.826 bits per heavy atom. The molecule has 0 amide bonds. The lowest BCUT2D eigenvalue weighted by Gasteiger charge is -2.21. The van der Waals surface area contributed by atoms with Crippen LogP contribution in [0.4, 0.5) is 0 Å². The van der Waals surface area contributed by atoms with Crippen molar-refractivity contribution in [1.29, 1.82) is 0 Å². The predicted octanol–water partition coefficient (Wildman–Crippen LogP) is 21.2. The molecule has 0 aromatic carbocycles. The van der Waals surface area contributed by atoms with Gasteiger partial charge in [-0.15, -0.1) is 0 Å². The molecule has 0 spiro atoms. The monoisotopic (exact) mass is 1350 g/mol. The first-order valence-corrected chi connectivity index (χ1v) is 41.0. The summed E-state index contributed by atoms with van der Waals surface area (Å²) in [5.41, 5.74) is 0. The third kappa shape index (κ3) is 65.4. The number of esters is 4. The molecule has 0 fully saturated rings. The van der Waals surface area contributed by atoms with Gasteiger partial charge in [-0.05, 0) is 37.5 Å². The maximum Gasteiger partial charge on any atom is 0.472 e. The molecule has 0 bridgehead atoms. The van der Waals surface area contributed by atoms with Crippen molar-refractivity contribution >= 4 is 39.5 Å². The van der Waals surface area contributed by atoms with Crippen LogP contribution >= 0.6 is 15.6 Å². The van der Waals surface area contributed by atoms with E-state index in [4.69, 9.17) is 37.0 Å². The summed E-state index contributed by atoms with van der Waals surface area (Å²) in [7, 11) is -9.90. The summed E-state index contributed by atoms with van der Waals surface area (Å²) in [6.07, 6.45) is 51.7. The Labute approximate surface area is 562 Å². The number of carbonyl (C=O) groups is 4. The molecule has 0 aliphatic heterocycles. The van der Waals surface area contributed by atoms with Gasteiger partial charge in [0.15, 0.2) is 12.2 Å². The fourth-order valence-electron chi connectivity index (χ4n) is 11.1. The van der Waals surface area contributed by atoms with Gasteiger partial charge in [0.1, 0.15) is 19.3 Å². The average Bonchev–Trinajstić information content (AvgIpc) is 1.53. The Bertz CT molecular complexity index is 1790. The van der Waals surface area contributed by atoms with E-state index in [0.29, 0.717) is 25.7 Å². The molecule has 19 heteroatoms. The second-order valence-corrected chi connectivity index (χ2v) is 30.0. The molecule has 0 saturated carbocycles. The quantitative estimate of drug-likeness (QED) is 0.0222. The van der Waals surface area contributed by atoms with Gasteiger partial charge in [-0.25, -0.2) is 9.13 Å². The molecule has 0 aliphatic carbocycles. The molecule has 0 heterocycles. The molecule has 0 aromatic rings. The normalized spacial score (nSPS) is 14.4. The van der Waals surface area contributed by atoms with E-state index in [1.54, 1.807) is 0 Å². The van der Waals surface area contributed by atoms with Gasteiger partial charge in [-0.1, -0.05) is 324 Å². The summed E-state index contributed by atoms with van der Waals surface area (Å²) in [4.78, 5) is 72.5. The first-order valence-electron chi connectivity index (χ1n) is 38.0. The molecular formula is C73H142O17P2. The predicted molar refractivity (Wildman–Crippen MR) is 372 cm³/mol. The van der Waals surface area contributed by atoms with Gasteiger partial charge in [0, 0.05) is 25.7 Å². The highest BCUT2D eigenvalue weighted by molar-refractivity contribution is 7.47. The highest BCUT2D eigenvalue weighted by Gasteiger charge is 2.30. The zero-order valence-electron chi connectivity index (χ0n) is 59.9. The van der Waals surface area contributed by atoms with E-state index in [2.05, 4.69) is 41.5 Å². The molecule has 0 saturated heterocycles. The summed E-state index contributed by atoms with van der Waals surface area (Å²) in [5.74, 6) is -0.637. The van der Waals surface area contributed by atoms with Gasteiger partial charge in [0.25, 0.3) is 0 Å². The van der Waals surface area contributed by atoms with E-state index in [0.717, 1.165) is 115 Å². The minimum Gasteiger partial charge on any atom is -0.462 e. The van der Waals surface area contributed by atoms with Crippen molar-refractivity contribution in [2.24, 2.45) is 11.8 Å². The smallest absolute Gasteiger partial charge is 0.462 e. The van der Waals surface area contributed by atoms with Gasteiger partial charge in [0.05, 0.1) is 26.4 Å². The lowest BCUT2D eigenvalue weighted by atomic mass is 10.00. The molecule has 546 valence electrons. The van der Waals surface area contributed by atoms with Crippen molar-refractivity contribution in [3.8, 4) is 0 Å². The number of unbranched alkanes of at least 4 members (excludes halogenated alkanes) is 41. The van der Waals surface area contributed by atoms with Gasteiger partial charge in [-0.2, -0.15) is 0 Å². The Morgan fingerprint density at radius 2 is 0.554 bits per heavy atom. The van der Waals surface area contributed by atoms with Gasteiger partial charge < -0.3 is 33.8 Å². The maximum absolute atomic E-state index is 13.1. The Morgan fingerprint density at radius 1 is 0.315 bits per heavy atom.